The van der Waals surface area contributed by atoms with Crippen LogP contribution < -0.4 is 10.6 Å². The van der Waals surface area contributed by atoms with Gasteiger partial charge in [-0.05, 0) is 67.2 Å². The van der Waals surface area contributed by atoms with Crippen molar-refractivity contribution in [3.63, 3.8) is 0 Å². The average Bonchev–Trinajstić information content (AvgIpc) is 3.21. The lowest BCUT2D eigenvalue weighted by Gasteiger charge is -2.32. The summed E-state index contributed by atoms with van der Waals surface area (Å²) in [5, 5.41) is 8.37. The lowest BCUT2D eigenvalue weighted by atomic mass is 9.79. The molecule has 4 heteroatoms. The molecule has 1 aromatic rings. The number of carbonyl (C=O) groups excluding carboxylic acids is 1. The molecule has 2 bridgehead atoms. The van der Waals surface area contributed by atoms with Gasteiger partial charge in [0.25, 0.3) is 0 Å². The fourth-order valence-corrected chi connectivity index (χ4v) is 5.92. The molecule has 2 N–H and O–H groups in total. The van der Waals surface area contributed by atoms with Gasteiger partial charge in [-0.2, -0.15) is 0 Å². The minimum absolute atomic E-state index is 0.0404. The highest BCUT2D eigenvalue weighted by atomic mass is 32.1. The highest BCUT2D eigenvalue weighted by molar-refractivity contribution is 7.09. The molecule has 21 heavy (non-hydrogen) atoms. The van der Waals surface area contributed by atoms with Gasteiger partial charge >= 0.3 is 6.03 Å². The number of thiophene rings is 1. The number of rotatable bonds is 4. The van der Waals surface area contributed by atoms with Crippen molar-refractivity contribution in [1.29, 1.82) is 0 Å². The molecule has 5 atom stereocenters. The van der Waals surface area contributed by atoms with Crippen LogP contribution in [0.25, 0.3) is 0 Å². The van der Waals surface area contributed by atoms with Crippen molar-refractivity contribution < 1.29 is 4.79 Å². The van der Waals surface area contributed by atoms with Crippen LogP contribution in [0.2, 0.25) is 0 Å². The molecule has 0 radical (unpaired) electrons. The van der Waals surface area contributed by atoms with Gasteiger partial charge in [0.05, 0.1) is 0 Å². The van der Waals surface area contributed by atoms with Gasteiger partial charge in [-0.1, -0.05) is 12.5 Å². The van der Waals surface area contributed by atoms with Crippen molar-refractivity contribution in [2.75, 3.05) is 6.54 Å². The highest BCUT2D eigenvalue weighted by Crippen LogP contribution is 2.58. The van der Waals surface area contributed by atoms with E-state index in [2.05, 4.69) is 28.1 Å². The van der Waals surface area contributed by atoms with Gasteiger partial charge in [-0.3, -0.25) is 0 Å². The highest BCUT2D eigenvalue weighted by Gasteiger charge is 2.53. The zero-order valence-electron chi connectivity index (χ0n) is 12.4. The summed E-state index contributed by atoms with van der Waals surface area (Å²) in [6.07, 6.45) is 7.81. The van der Waals surface area contributed by atoms with E-state index in [0.717, 1.165) is 36.6 Å². The SMILES string of the molecule is O=C(NCCc1cccs1)N[C@@H]1C[C@H]2C[C@H]1[C@H]1CCC[C@H]21. The third-order valence-electron chi connectivity index (χ3n) is 5.98. The second-order valence-electron chi connectivity index (χ2n) is 6.99. The van der Waals surface area contributed by atoms with E-state index < -0.39 is 0 Å². The van der Waals surface area contributed by atoms with Crippen molar-refractivity contribution in [3.8, 4) is 0 Å². The van der Waals surface area contributed by atoms with Gasteiger partial charge in [-0.15, -0.1) is 11.3 Å². The maximum atomic E-state index is 12.1. The summed E-state index contributed by atoms with van der Waals surface area (Å²) in [7, 11) is 0. The molecule has 2 amide bonds. The molecule has 1 heterocycles. The van der Waals surface area contributed by atoms with Crippen molar-refractivity contribution in [1.82, 2.24) is 10.6 Å². The summed E-state index contributed by atoms with van der Waals surface area (Å²) >= 11 is 1.76. The first-order chi connectivity index (χ1) is 10.3. The summed E-state index contributed by atoms with van der Waals surface area (Å²) in [6.45, 7) is 0.735. The van der Waals surface area contributed by atoms with E-state index in [1.807, 2.05) is 0 Å². The fourth-order valence-electron chi connectivity index (χ4n) is 5.21. The number of carbonyl (C=O) groups is 1. The number of fused-ring (bicyclic) bond motifs is 5. The molecular formula is C17H24N2OS. The van der Waals surface area contributed by atoms with Crippen LogP contribution in [0.4, 0.5) is 4.79 Å². The molecule has 0 spiro atoms. The van der Waals surface area contributed by atoms with Gasteiger partial charge in [0, 0.05) is 17.5 Å². The number of hydrogen-bond donors (Lipinski definition) is 2. The smallest absolute Gasteiger partial charge is 0.315 e. The molecule has 1 aromatic heterocycles. The number of amides is 2. The van der Waals surface area contributed by atoms with Crippen molar-refractivity contribution in [2.45, 2.75) is 44.6 Å². The van der Waals surface area contributed by atoms with Crippen molar-refractivity contribution in [3.05, 3.63) is 22.4 Å². The van der Waals surface area contributed by atoms with Gasteiger partial charge < -0.3 is 10.6 Å². The number of nitrogens with one attached hydrogen (secondary N) is 2. The van der Waals surface area contributed by atoms with Crippen LogP contribution in [0.5, 0.6) is 0 Å². The first-order valence-electron chi connectivity index (χ1n) is 8.38. The summed E-state index contributed by atoms with van der Waals surface area (Å²) in [5.41, 5.74) is 0. The standard InChI is InChI=1S/C17H24N2OS/c20-17(18-7-6-12-3-2-8-21-12)19-16-10-11-9-15(16)14-5-1-4-13(11)14/h2-3,8,11,13-16H,1,4-7,9-10H2,(H2,18,19,20)/t11-,13-,14+,15+,16-/m1/s1. The van der Waals surface area contributed by atoms with E-state index in [0.29, 0.717) is 6.04 Å². The van der Waals surface area contributed by atoms with Crippen LogP contribution in [-0.4, -0.2) is 18.6 Å². The Hall–Kier alpha value is -1.03. The van der Waals surface area contributed by atoms with Crippen LogP contribution in [0, 0.1) is 23.7 Å². The molecule has 4 rings (SSSR count). The molecule has 0 aromatic carbocycles. The summed E-state index contributed by atoms with van der Waals surface area (Å²) < 4.78 is 0. The second-order valence-corrected chi connectivity index (χ2v) is 8.02. The zero-order chi connectivity index (χ0) is 14.2. The number of urea groups is 1. The largest absolute Gasteiger partial charge is 0.338 e. The minimum Gasteiger partial charge on any atom is -0.338 e. The average molecular weight is 304 g/mol. The summed E-state index contributed by atoms with van der Waals surface area (Å²) in [6, 6.07) is 4.67. The summed E-state index contributed by atoms with van der Waals surface area (Å²) in [5.74, 6) is 3.58. The van der Waals surface area contributed by atoms with Gasteiger partial charge in [0.15, 0.2) is 0 Å². The van der Waals surface area contributed by atoms with E-state index in [9.17, 15) is 4.79 Å². The van der Waals surface area contributed by atoms with Crippen molar-refractivity contribution in [2.24, 2.45) is 23.7 Å². The third kappa shape index (κ3) is 2.59. The van der Waals surface area contributed by atoms with Gasteiger partial charge in [0.1, 0.15) is 0 Å². The second kappa shape index (κ2) is 5.64. The Kier molecular flexibility index (Phi) is 3.66. The topological polar surface area (TPSA) is 41.1 Å². The Balaban J connectivity index is 1.24. The molecule has 0 aliphatic heterocycles. The molecule has 3 nitrogen and oxygen atoms in total. The van der Waals surface area contributed by atoms with Gasteiger partial charge in [-0.25, -0.2) is 4.79 Å². The molecule has 0 unspecified atom stereocenters. The monoisotopic (exact) mass is 304 g/mol. The zero-order valence-corrected chi connectivity index (χ0v) is 13.2. The fraction of sp³-hybridized carbons (Fsp3) is 0.706. The molecule has 0 saturated heterocycles. The van der Waals surface area contributed by atoms with Crippen LogP contribution in [0.15, 0.2) is 17.5 Å². The first kappa shape index (κ1) is 13.6. The van der Waals surface area contributed by atoms with Gasteiger partial charge in [0.2, 0.25) is 0 Å². The third-order valence-corrected chi connectivity index (χ3v) is 6.92. The van der Waals surface area contributed by atoms with Crippen LogP contribution >= 0.6 is 11.3 Å². The van der Waals surface area contributed by atoms with Crippen molar-refractivity contribution >= 4 is 17.4 Å². The summed E-state index contributed by atoms with van der Waals surface area (Å²) in [4.78, 5) is 13.4. The molecule has 3 saturated carbocycles. The Bertz CT molecular complexity index is 501. The maximum absolute atomic E-state index is 12.1. The van der Waals surface area contributed by atoms with E-state index in [-0.39, 0.29) is 6.03 Å². The molecule has 3 fully saturated rings. The van der Waals surface area contributed by atoms with E-state index in [1.54, 1.807) is 11.3 Å². The van der Waals surface area contributed by atoms with Crippen LogP contribution in [0.1, 0.15) is 37.0 Å². The molecule has 3 aliphatic rings. The lowest BCUT2D eigenvalue weighted by Crippen LogP contribution is -2.47. The normalized spacial score (nSPS) is 36.7. The van der Waals surface area contributed by atoms with Crippen LogP contribution in [0.3, 0.4) is 0 Å². The molecular weight excluding hydrogens is 280 g/mol. The Labute approximate surface area is 130 Å². The van der Waals surface area contributed by atoms with E-state index in [1.165, 1.54) is 37.0 Å². The molecule has 3 aliphatic carbocycles. The lowest BCUT2D eigenvalue weighted by molar-refractivity contribution is 0.198. The van der Waals surface area contributed by atoms with E-state index in [4.69, 9.17) is 0 Å². The Morgan fingerprint density at radius 2 is 2.14 bits per heavy atom. The molecule has 114 valence electrons. The first-order valence-corrected chi connectivity index (χ1v) is 9.26. The predicted octanol–water partition coefficient (Wildman–Crippen LogP) is 3.41. The maximum Gasteiger partial charge on any atom is 0.315 e. The Morgan fingerprint density at radius 3 is 3.00 bits per heavy atom. The quantitative estimate of drug-likeness (QED) is 0.879. The minimum atomic E-state index is 0.0404. The van der Waals surface area contributed by atoms with Crippen LogP contribution in [-0.2, 0) is 6.42 Å². The predicted molar refractivity (Wildman–Crippen MR) is 85.4 cm³/mol. The van der Waals surface area contributed by atoms with E-state index >= 15 is 0 Å². The Morgan fingerprint density at radius 1 is 1.24 bits per heavy atom. The number of hydrogen-bond acceptors (Lipinski definition) is 2.